The molecule has 0 aliphatic rings. The summed E-state index contributed by atoms with van der Waals surface area (Å²) in [6, 6.07) is 0. The van der Waals surface area contributed by atoms with Crippen LogP contribution in [0.15, 0.2) is 9.98 Å². The molecule has 0 saturated heterocycles. The van der Waals surface area contributed by atoms with E-state index in [1.165, 1.54) is 25.7 Å². The second kappa shape index (κ2) is 10.9. The van der Waals surface area contributed by atoms with E-state index in [4.69, 9.17) is 0 Å². The zero-order valence-corrected chi connectivity index (χ0v) is 11.6. The summed E-state index contributed by atoms with van der Waals surface area (Å²) in [7, 11) is 0. The predicted molar refractivity (Wildman–Crippen MR) is 72.1 cm³/mol. The van der Waals surface area contributed by atoms with Crippen LogP contribution in [0.4, 0.5) is 0 Å². The van der Waals surface area contributed by atoms with Gasteiger partial charge in [0.25, 0.3) is 0 Å². The number of nitrogens with zero attached hydrogens (tertiary/aromatic N) is 2. The minimum Gasteiger partial charge on any atom is -0.211 e. The van der Waals surface area contributed by atoms with E-state index in [9.17, 15) is 9.59 Å². The van der Waals surface area contributed by atoms with Gasteiger partial charge in [0.1, 0.15) is 0 Å². The largest absolute Gasteiger partial charge is 0.234 e. The number of rotatable bonds is 11. The molecule has 102 valence electrons. The van der Waals surface area contributed by atoms with Crippen LogP contribution >= 0.6 is 0 Å². The molecule has 0 spiro atoms. The van der Waals surface area contributed by atoms with E-state index in [1.54, 1.807) is 12.2 Å². The highest BCUT2D eigenvalue weighted by molar-refractivity contribution is 5.33. The van der Waals surface area contributed by atoms with Crippen molar-refractivity contribution >= 4 is 12.2 Å². The van der Waals surface area contributed by atoms with E-state index in [1.807, 2.05) is 0 Å². The number of hydrogen-bond acceptors (Lipinski definition) is 4. The Kier molecular flexibility index (Phi) is 10.1. The Morgan fingerprint density at radius 1 is 0.833 bits per heavy atom. The quantitative estimate of drug-likeness (QED) is 0.321. The molecule has 0 rings (SSSR count). The van der Waals surface area contributed by atoms with Gasteiger partial charge in [0.15, 0.2) is 0 Å². The molecule has 0 unspecified atom stereocenters. The minimum atomic E-state index is 0.107. The predicted octanol–water partition coefficient (Wildman–Crippen LogP) is 3.41. The van der Waals surface area contributed by atoms with Gasteiger partial charge in [-0.1, -0.05) is 46.0 Å². The Balaban J connectivity index is 3.39. The summed E-state index contributed by atoms with van der Waals surface area (Å²) in [6.07, 6.45) is 11.2. The molecule has 0 aromatic rings. The molecule has 0 aliphatic carbocycles. The van der Waals surface area contributed by atoms with Crippen molar-refractivity contribution in [2.45, 2.75) is 58.8 Å². The Morgan fingerprint density at radius 3 is 2.00 bits per heavy atom. The Morgan fingerprint density at radius 2 is 1.39 bits per heavy atom. The number of hydrogen-bond donors (Lipinski definition) is 0. The molecule has 0 bridgehead atoms. The first-order valence-electron chi connectivity index (χ1n) is 6.70. The average Bonchev–Trinajstić information content (AvgIpc) is 2.34. The van der Waals surface area contributed by atoms with Crippen LogP contribution in [-0.4, -0.2) is 25.2 Å². The van der Waals surface area contributed by atoms with Gasteiger partial charge in [0, 0.05) is 0 Å². The fraction of sp³-hybridized carbons (Fsp3) is 0.857. The van der Waals surface area contributed by atoms with Gasteiger partial charge in [-0.25, -0.2) is 19.6 Å². The summed E-state index contributed by atoms with van der Waals surface area (Å²) >= 11 is 0. The van der Waals surface area contributed by atoms with Crippen LogP contribution in [-0.2, 0) is 9.59 Å². The molecular weight excluding hydrogens is 228 g/mol. The summed E-state index contributed by atoms with van der Waals surface area (Å²) in [5.74, 6) is 0. The van der Waals surface area contributed by atoms with Gasteiger partial charge in [0.2, 0.25) is 12.2 Å². The number of isocyanates is 2. The van der Waals surface area contributed by atoms with Crippen LogP contribution in [0.1, 0.15) is 58.8 Å². The summed E-state index contributed by atoms with van der Waals surface area (Å²) in [5, 5.41) is 0. The maximum absolute atomic E-state index is 10.1. The van der Waals surface area contributed by atoms with Crippen molar-refractivity contribution in [3.8, 4) is 0 Å². The minimum absolute atomic E-state index is 0.107. The average molecular weight is 252 g/mol. The zero-order chi connectivity index (χ0) is 13.7. The van der Waals surface area contributed by atoms with Gasteiger partial charge in [-0.3, -0.25) is 0 Å². The van der Waals surface area contributed by atoms with Gasteiger partial charge in [-0.15, -0.1) is 0 Å². The molecule has 0 fully saturated rings. The van der Waals surface area contributed by atoms with Gasteiger partial charge in [0.05, 0.1) is 13.1 Å². The van der Waals surface area contributed by atoms with Crippen LogP contribution in [0.2, 0.25) is 0 Å². The van der Waals surface area contributed by atoms with Crippen molar-refractivity contribution in [1.29, 1.82) is 0 Å². The Labute approximate surface area is 110 Å². The second-order valence-corrected chi connectivity index (χ2v) is 5.42. The lowest BCUT2D eigenvalue weighted by Crippen LogP contribution is -2.15. The van der Waals surface area contributed by atoms with Crippen molar-refractivity contribution in [3.05, 3.63) is 0 Å². The highest BCUT2D eigenvalue weighted by Gasteiger charge is 2.16. The molecule has 0 aromatic carbocycles. The number of aliphatic imine (C=N–C) groups is 2. The Bertz CT molecular complexity index is 301. The van der Waals surface area contributed by atoms with E-state index >= 15 is 0 Å². The summed E-state index contributed by atoms with van der Waals surface area (Å²) in [4.78, 5) is 27.0. The van der Waals surface area contributed by atoms with Crippen LogP contribution in [0.25, 0.3) is 0 Å². The highest BCUT2D eigenvalue weighted by atomic mass is 16.1. The molecule has 0 N–H and O–H groups in total. The van der Waals surface area contributed by atoms with E-state index < -0.39 is 0 Å². The molecule has 18 heavy (non-hydrogen) atoms. The molecule has 0 radical (unpaired) electrons. The van der Waals surface area contributed by atoms with Crippen molar-refractivity contribution in [3.63, 3.8) is 0 Å². The summed E-state index contributed by atoms with van der Waals surface area (Å²) in [5.41, 5.74) is 0.107. The van der Waals surface area contributed by atoms with Gasteiger partial charge in [-0.2, -0.15) is 0 Å². The fourth-order valence-electron chi connectivity index (χ4n) is 1.87. The van der Waals surface area contributed by atoms with Crippen LogP contribution in [0.3, 0.4) is 0 Å². The third-order valence-electron chi connectivity index (χ3n) is 3.01. The van der Waals surface area contributed by atoms with Gasteiger partial charge < -0.3 is 0 Å². The maximum Gasteiger partial charge on any atom is 0.234 e. The zero-order valence-electron chi connectivity index (χ0n) is 11.6. The molecule has 0 aliphatic heterocycles. The van der Waals surface area contributed by atoms with E-state index in [0.29, 0.717) is 13.1 Å². The lowest BCUT2D eigenvalue weighted by Gasteiger charge is -2.21. The second-order valence-electron chi connectivity index (χ2n) is 5.42. The SMILES string of the molecule is CC(C)(CCCCCCCCN=C=O)CN=C=O. The summed E-state index contributed by atoms with van der Waals surface area (Å²) in [6.45, 7) is 5.44. The normalized spacial score (nSPS) is 10.6. The van der Waals surface area contributed by atoms with E-state index in [-0.39, 0.29) is 5.41 Å². The van der Waals surface area contributed by atoms with Crippen molar-refractivity contribution in [2.75, 3.05) is 13.1 Å². The van der Waals surface area contributed by atoms with Crippen molar-refractivity contribution in [2.24, 2.45) is 15.4 Å². The lowest BCUT2D eigenvalue weighted by molar-refractivity contribution is 0.330. The van der Waals surface area contributed by atoms with E-state index in [2.05, 4.69) is 23.8 Å². The van der Waals surface area contributed by atoms with Gasteiger partial charge >= 0.3 is 0 Å². The summed E-state index contributed by atoms with van der Waals surface area (Å²) < 4.78 is 0. The molecule has 4 heteroatoms. The van der Waals surface area contributed by atoms with Crippen molar-refractivity contribution in [1.82, 2.24) is 0 Å². The van der Waals surface area contributed by atoms with Crippen LogP contribution in [0.5, 0.6) is 0 Å². The first-order valence-corrected chi connectivity index (χ1v) is 6.70. The molecule has 0 aromatic heterocycles. The molecule has 0 heterocycles. The molecule has 0 saturated carbocycles. The standard InChI is InChI=1S/C14H24N2O2/c1-14(2,11-16-13-18)9-7-5-3-4-6-8-10-15-12-17/h3-11H2,1-2H3. The first-order chi connectivity index (χ1) is 8.62. The number of unbranched alkanes of at least 4 members (excludes halogenated alkanes) is 5. The van der Waals surface area contributed by atoms with E-state index in [0.717, 1.165) is 19.3 Å². The molecular formula is C14H24N2O2. The lowest BCUT2D eigenvalue weighted by atomic mass is 9.87. The smallest absolute Gasteiger partial charge is 0.211 e. The van der Waals surface area contributed by atoms with Gasteiger partial charge in [-0.05, 0) is 18.3 Å². The topological polar surface area (TPSA) is 58.9 Å². The third-order valence-corrected chi connectivity index (χ3v) is 3.01. The fourth-order valence-corrected chi connectivity index (χ4v) is 1.87. The number of carbonyl (C=O) groups excluding carboxylic acids is 2. The Hall–Kier alpha value is -1.24. The first kappa shape index (κ1) is 16.8. The molecule has 4 nitrogen and oxygen atoms in total. The molecule has 0 amide bonds. The molecule has 0 atom stereocenters. The highest BCUT2D eigenvalue weighted by Crippen LogP contribution is 2.24. The van der Waals surface area contributed by atoms with Crippen LogP contribution in [0, 0.1) is 5.41 Å². The van der Waals surface area contributed by atoms with Crippen molar-refractivity contribution < 1.29 is 9.59 Å². The monoisotopic (exact) mass is 252 g/mol. The van der Waals surface area contributed by atoms with Crippen LogP contribution < -0.4 is 0 Å². The maximum atomic E-state index is 10.1. The third kappa shape index (κ3) is 11.3.